The maximum atomic E-state index is 6.64. The van der Waals surface area contributed by atoms with E-state index >= 15 is 0 Å². The highest BCUT2D eigenvalue weighted by Gasteiger charge is 2.14. The zero-order valence-electron chi connectivity index (χ0n) is 12.4. The summed E-state index contributed by atoms with van der Waals surface area (Å²) in [6, 6.07) is 14.9. The molecule has 1 aliphatic rings. The molecule has 0 heterocycles. The third-order valence-corrected chi connectivity index (χ3v) is 4.69. The van der Waals surface area contributed by atoms with E-state index in [9.17, 15) is 0 Å². The van der Waals surface area contributed by atoms with Gasteiger partial charge in [0.15, 0.2) is 0 Å². The Kier molecular flexibility index (Phi) is 4.50. The smallest absolute Gasteiger partial charge is 0.119 e. The minimum Gasteiger partial charge on any atom is -0.497 e. The van der Waals surface area contributed by atoms with Gasteiger partial charge in [0.25, 0.3) is 0 Å². The Morgan fingerprint density at radius 2 is 1.86 bits per heavy atom. The van der Waals surface area contributed by atoms with Gasteiger partial charge in [0.05, 0.1) is 12.5 Å². The number of benzene rings is 2. The summed E-state index contributed by atoms with van der Waals surface area (Å²) in [5.41, 5.74) is 5.46. The summed E-state index contributed by atoms with van der Waals surface area (Å²) in [6.45, 7) is 0. The van der Waals surface area contributed by atoms with Gasteiger partial charge < -0.3 is 4.74 Å². The van der Waals surface area contributed by atoms with Crippen LogP contribution in [-0.2, 0) is 19.3 Å². The van der Waals surface area contributed by atoms with Gasteiger partial charge in [-0.25, -0.2) is 0 Å². The largest absolute Gasteiger partial charge is 0.497 e. The minimum atomic E-state index is 0.0179. The molecular weight excluding hydrogens is 280 g/mol. The lowest BCUT2D eigenvalue weighted by Gasteiger charge is -2.18. The Balaban J connectivity index is 1.76. The number of methoxy groups -OCH3 is 1. The summed E-state index contributed by atoms with van der Waals surface area (Å²) in [7, 11) is 1.70. The Hall–Kier alpha value is -1.47. The highest BCUT2D eigenvalue weighted by molar-refractivity contribution is 6.20. The van der Waals surface area contributed by atoms with Crippen LogP contribution in [0.15, 0.2) is 42.5 Å². The first-order chi connectivity index (χ1) is 10.3. The quantitative estimate of drug-likeness (QED) is 0.714. The number of rotatable bonds is 4. The van der Waals surface area contributed by atoms with E-state index in [2.05, 4.69) is 30.3 Å². The zero-order valence-corrected chi connectivity index (χ0v) is 13.2. The van der Waals surface area contributed by atoms with Crippen molar-refractivity contribution in [3.8, 4) is 5.75 Å². The molecule has 1 unspecified atom stereocenters. The molecule has 2 aromatic rings. The normalized spacial score (nSPS) is 15.3. The summed E-state index contributed by atoms with van der Waals surface area (Å²) >= 11 is 6.64. The van der Waals surface area contributed by atoms with E-state index in [1.807, 2.05) is 12.1 Å². The van der Waals surface area contributed by atoms with E-state index in [1.54, 1.807) is 7.11 Å². The van der Waals surface area contributed by atoms with Crippen molar-refractivity contribution in [2.24, 2.45) is 0 Å². The van der Waals surface area contributed by atoms with Crippen molar-refractivity contribution in [1.82, 2.24) is 0 Å². The van der Waals surface area contributed by atoms with Crippen LogP contribution in [-0.4, -0.2) is 7.11 Å². The predicted octanol–water partition coefficient (Wildman–Crippen LogP) is 5.10. The summed E-state index contributed by atoms with van der Waals surface area (Å²) in [6.07, 6.45) is 5.88. The Morgan fingerprint density at radius 3 is 2.67 bits per heavy atom. The van der Waals surface area contributed by atoms with E-state index in [-0.39, 0.29) is 5.38 Å². The maximum absolute atomic E-state index is 6.64. The van der Waals surface area contributed by atoms with Gasteiger partial charge >= 0.3 is 0 Å². The molecule has 0 aromatic heterocycles. The summed E-state index contributed by atoms with van der Waals surface area (Å²) in [5.74, 6) is 0.891. The first kappa shape index (κ1) is 14.5. The predicted molar refractivity (Wildman–Crippen MR) is 88.4 cm³/mol. The fourth-order valence-corrected chi connectivity index (χ4v) is 3.39. The summed E-state index contributed by atoms with van der Waals surface area (Å²) in [4.78, 5) is 0. The number of aryl methyl sites for hydroxylation is 2. The van der Waals surface area contributed by atoms with Crippen LogP contribution in [0.1, 0.15) is 40.5 Å². The van der Waals surface area contributed by atoms with Gasteiger partial charge in [-0.15, -0.1) is 11.6 Å². The molecule has 1 atom stereocenters. The number of halogens is 1. The third-order valence-electron chi connectivity index (χ3n) is 4.28. The van der Waals surface area contributed by atoms with Gasteiger partial charge in [-0.05, 0) is 66.5 Å². The highest BCUT2D eigenvalue weighted by Crippen LogP contribution is 2.30. The zero-order chi connectivity index (χ0) is 14.7. The molecule has 1 aliphatic carbocycles. The van der Waals surface area contributed by atoms with Crippen LogP contribution in [0.4, 0.5) is 0 Å². The molecule has 0 N–H and O–H groups in total. The Morgan fingerprint density at radius 1 is 1.05 bits per heavy atom. The molecule has 0 saturated carbocycles. The number of ether oxygens (including phenoxy) is 1. The van der Waals surface area contributed by atoms with Crippen molar-refractivity contribution >= 4 is 11.6 Å². The molecule has 0 spiro atoms. The second kappa shape index (κ2) is 6.53. The molecule has 110 valence electrons. The highest BCUT2D eigenvalue weighted by atomic mass is 35.5. The molecule has 0 amide bonds. The molecular formula is C19H21ClO. The van der Waals surface area contributed by atoms with Gasteiger partial charge in [-0.3, -0.25) is 0 Å². The lowest BCUT2D eigenvalue weighted by Crippen LogP contribution is -2.04. The van der Waals surface area contributed by atoms with Gasteiger partial charge in [0, 0.05) is 0 Å². The van der Waals surface area contributed by atoms with E-state index in [0.29, 0.717) is 0 Å². The van der Waals surface area contributed by atoms with E-state index in [4.69, 9.17) is 16.3 Å². The van der Waals surface area contributed by atoms with Crippen molar-refractivity contribution in [2.75, 3.05) is 7.11 Å². The molecule has 0 saturated heterocycles. The molecule has 2 heteroatoms. The first-order valence-corrected chi connectivity index (χ1v) is 8.08. The molecule has 0 radical (unpaired) electrons. The molecule has 0 bridgehead atoms. The van der Waals surface area contributed by atoms with Crippen LogP contribution in [0.25, 0.3) is 0 Å². The minimum absolute atomic E-state index is 0.0179. The fraction of sp³-hybridized carbons (Fsp3) is 0.368. The van der Waals surface area contributed by atoms with Gasteiger partial charge in [-0.2, -0.15) is 0 Å². The maximum Gasteiger partial charge on any atom is 0.119 e. The average molecular weight is 301 g/mol. The molecule has 3 rings (SSSR count). The molecule has 1 nitrogen and oxygen atoms in total. The van der Waals surface area contributed by atoms with Gasteiger partial charge in [-0.1, -0.05) is 30.3 Å². The van der Waals surface area contributed by atoms with Crippen LogP contribution in [0.2, 0.25) is 0 Å². The number of hydrogen-bond acceptors (Lipinski definition) is 1. The standard InChI is InChI=1S/C19H21ClO/c1-21-18-8-4-5-14(11-18)12-19(20)17-10-9-15-6-2-3-7-16(15)13-17/h4-5,8-11,13,19H,2-3,6-7,12H2,1H3. The second-order valence-electron chi connectivity index (χ2n) is 5.76. The summed E-state index contributed by atoms with van der Waals surface area (Å²) < 4.78 is 5.27. The molecule has 21 heavy (non-hydrogen) atoms. The average Bonchev–Trinajstić information content (AvgIpc) is 2.54. The number of hydrogen-bond donors (Lipinski definition) is 0. The van der Waals surface area contributed by atoms with E-state index < -0.39 is 0 Å². The molecule has 0 aliphatic heterocycles. The van der Waals surface area contributed by atoms with Crippen LogP contribution < -0.4 is 4.74 Å². The lowest BCUT2D eigenvalue weighted by atomic mass is 9.89. The van der Waals surface area contributed by atoms with Crippen LogP contribution >= 0.6 is 11.6 Å². The van der Waals surface area contributed by atoms with Crippen molar-refractivity contribution < 1.29 is 4.74 Å². The monoisotopic (exact) mass is 300 g/mol. The Labute approximate surface area is 131 Å². The van der Waals surface area contributed by atoms with Crippen LogP contribution in [0.5, 0.6) is 5.75 Å². The van der Waals surface area contributed by atoms with Crippen molar-refractivity contribution in [2.45, 2.75) is 37.5 Å². The van der Waals surface area contributed by atoms with Gasteiger partial charge in [0.1, 0.15) is 5.75 Å². The van der Waals surface area contributed by atoms with Gasteiger partial charge in [0.2, 0.25) is 0 Å². The SMILES string of the molecule is COc1cccc(CC(Cl)c2ccc3c(c2)CCCC3)c1. The fourth-order valence-electron chi connectivity index (χ4n) is 3.07. The first-order valence-electron chi connectivity index (χ1n) is 7.65. The summed E-state index contributed by atoms with van der Waals surface area (Å²) in [5, 5.41) is 0.0179. The lowest BCUT2D eigenvalue weighted by molar-refractivity contribution is 0.414. The molecule has 0 fully saturated rings. The van der Waals surface area contributed by atoms with E-state index in [1.165, 1.54) is 47.9 Å². The number of alkyl halides is 1. The third kappa shape index (κ3) is 3.41. The topological polar surface area (TPSA) is 9.23 Å². The van der Waals surface area contributed by atoms with Crippen LogP contribution in [0.3, 0.4) is 0 Å². The number of fused-ring (bicyclic) bond motifs is 1. The molecule has 2 aromatic carbocycles. The van der Waals surface area contributed by atoms with Crippen molar-refractivity contribution in [3.63, 3.8) is 0 Å². The Bertz CT molecular complexity index is 621. The van der Waals surface area contributed by atoms with Crippen molar-refractivity contribution in [3.05, 3.63) is 64.7 Å². The van der Waals surface area contributed by atoms with Crippen molar-refractivity contribution in [1.29, 1.82) is 0 Å². The van der Waals surface area contributed by atoms with E-state index in [0.717, 1.165) is 12.2 Å². The van der Waals surface area contributed by atoms with Crippen LogP contribution in [0, 0.1) is 0 Å². The second-order valence-corrected chi connectivity index (χ2v) is 6.29.